The summed E-state index contributed by atoms with van der Waals surface area (Å²) >= 11 is 1.14. The lowest BCUT2D eigenvalue weighted by Gasteiger charge is -2.17. The van der Waals surface area contributed by atoms with Crippen LogP contribution in [0.25, 0.3) is 15.9 Å². The smallest absolute Gasteiger partial charge is 0.262 e. The van der Waals surface area contributed by atoms with Crippen LogP contribution in [-0.4, -0.2) is 28.6 Å². The van der Waals surface area contributed by atoms with Gasteiger partial charge in [-0.2, -0.15) is 5.10 Å². The van der Waals surface area contributed by atoms with Crippen molar-refractivity contribution in [1.82, 2.24) is 20.4 Å². The monoisotopic (exact) mass is 458 g/mol. The van der Waals surface area contributed by atoms with E-state index < -0.39 is 29.5 Å². The Kier molecular flexibility index (Phi) is 5.70. The summed E-state index contributed by atoms with van der Waals surface area (Å²) in [5.41, 5.74) is 1.40. The Hall–Kier alpha value is -3.66. The molecule has 0 spiro atoms. The number of benzene rings is 2. The fourth-order valence-electron chi connectivity index (χ4n) is 3.26. The zero-order valence-electron chi connectivity index (χ0n) is 16.9. The van der Waals surface area contributed by atoms with Gasteiger partial charge in [0.2, 0.25) is 5.91 Å². The lowest BCUT2D eigenvalue weighted by molar-refractivity contribution is -0.122. The number of hydrogen-bond donors (Lipinski definition) is 2. The fourth-order valence-corrected chi connectivity index (χ4v) is 4.34. The molecule has 0 radical (unpaired) electrons. The average Bonchev–Trinajstić information content (AvgIpc) is 3.35. The number of likely N-dealkylation sites (N-methyl/N-ethyl adjacent to an activating group) is 1. The first kappa shape index (κ1) is 21.6. The Balaban J connectivity index is 1.68. The minimum Gasteiger partial charge on any atom is -0.357 e. The van der Waals surface area contributed by atoms with Gasteiger partial charge >= 0.3 is 0 Å². The summed E-state index contributed by atoms with van der Waals surface area (Å²) in [5, 5.41) is 10.2. The topological polar surface area (TPSA) is 76.0 Å². The predicted octanol–water partition coefficient (Wildman–Crippen LogP) is 4.03. The molecule has 10 heteroatoms. The SMILES string of the molecule is CNC(=O)C(NC(=O)c1cc2c(C)nn(-c3ccc(F)cc3)c2s1)c1ccc(F)c(F)c1. The molecule has 0 bridgehead atoms. The Morgan fingerprint density at radius 1 is 1.03 bits per heavy atom. The third-order valence-electron chi connectivity index (χ3n) is 4.90. The largest absolute Gasteiger partial charge is 0.357 e. The molecule has 1 unspecified atom stereocenters. The van der Waals surface area contributed by atoms with Gasteiger partial charge in [0.15, 0.2) is 11.6 Å². The Bertz CT molecular complexity index is 1330. The Labute approximate surface area is 184 Å². The normalized spacial score (nSPS) is 12.0. The molecule has 0 aliphatic rings. The number of aromatic nitrogens is 2. The number of hydrogen-bond acceptors (Lipinski definition) is 4. The van der Waals surface area contributed by atoms with E-state index in [2.05, 4.69) is 15.7 Å². The molecule has 4 rings (SSSR count). The van der Waals surface area contributed by atoms with Crippen LogP contribution in [0.1, 0.15) is 27.0 Å². The molecule has 2 amide bonds. The minimum atomic E-state index is -1.22. The van der Waals surface area contributed by atoms with Crippen molar-refractivity contribution in [2.45, 2.75) is 13.0 Å². The molecule has 6 nitrogen and oxygen atoms in total. The lowest BCUT2D eigenvalue weighted by atomic mass is 10.1. The minimum absolute atomic E-state index is 0.103. The van der Waals surface area contributed by atoms with Crippen LogP contribution in [0, 0.1) is 24.4 Å². The average molecular weight is 458 g/mol. The summed E-state index contributed by atoms with van der Waals surface area (Å²) in [6, 6.07) is 9.21. The summed E-state index contributed by atoms with van der Waals surface area (Å²) in [6.45, 7) is 1.78. The number of aryl methyl sites for hydroxylation is 1. The van der Waals surface area contributed by atoms with E-state index in [4.69, 9.17) is 0 Å². The number of halogens is 3. The number of rotatable bonds is 5. The van der Waals surface area contributed by atoms with E-state index in [9.17, 15) is 22.8 Å². The zero-order chi connectivity index (χ0) is 23.0. The van der Waals surface area contributed by atoms with E-state index in [-0.39, 0.29) is 11.4 Å². The van der Waals surface area contributed by atoms with Gasteiger partial charge < -0.3 is 10.6 Å². The van der Waals surface area contributed by atoms with Crippen LogP contribution >= 0.6 is 11.3 Å². The number of nitrogens with one attached hydrogen (secondary N) is 2. The molecule has 164 valence electrons. The third-order valence-corrected chi connectivity index (χ3v) is 6.01. The Morgan fingerprint density at radius 2 is 1.75 bits per heavy atom. The predicted molar refractivity (Wildman–Crippen MR) is 114 cm³/mol. The Morgan fingerprint density at radius 3 is 2.41 bits per heavy atom. The highest BCUT2D eigenvalue weighted by atomic mass is 32.1. The maximum atomic E-state index is 13.7. The van der Waals surface area contributed by atoms with E-state index in [1.54, 1.807) is 29.8 Å². The molecule has 4 aromatic rings. The summed E-state index contributed by atoms with van der Waals surface area (Å²) in [6.07, 6.45) is 0. The van der Waals surface area contributed by atoms with Crippen LogP contribution in [0.4, 0.5) is 13.2 Å². The number of carbonyl (C=O) groups is 2. The highest BCUT2D eigenvalue weighted by Gasteiger charge is 2.25. The molecule has 0 aliphatic carbocycles. The highest BCUT2D eigenvalue weighted by molar-refractivity contribution is 7.20. The molecular weight excluding hydrogens is 441 g/mol. The van der Waals surface area contributed by atoms with Crippen molar-refractivity contribution in [3.8, 4) is 5.69 Å². The first-order valence-corrected chi connectivity index (χ1v) is 10.3. The standard InChI is InChI=1S/C22H17F3N4O2S/c1-11-15-10-18(32-22(15)29(28-11)14-6-4-13(23)5-7-14)20(30)27-19(21(31)26-2)12-3-8-16(24)17(25)9-12/h3-10,19H,1-2H3,(H,26,31)(H,27,30). The summed E-state index contributed by atoms with van der Waals surface area (Å²) in [4.78, 5) is 26.2. The first-order valence-electron chi connectivity index (χ1n) is 9.51. The van der Waals surface area contributed by atoms with Crippen LogP contribution in [-0.2, 0) is 4.79 Å². The molecule has 0 fully saturated rings. The van der Waals surface area contributed by atoms with Crippen molar-refractivity contribution in [2.24, 2.45) is 0 Å². The van der Waals surface area contributed by atoms with E-state index in [1.807, 2.05) is 0 Å². The first-order chi connectivity index (χ1) is 15.3. The van der Waals surface area contributed by atoms with Gasteiger partial charge in [0.05, 0.1) is 16.3 Å². The van der Waals surface area contributed by atoms with Crippen molar-refractivity contribution in [3.63, 3.8) is 0 Å². The van der Waals surface area contributed by atoms with Crippen LogP contribution in [0.3, 0.4) is 0 Å². The number of fused-ring (bicyclic) bond motifs is 1. The molecule has 0 aliphatic heterocycles. The van der Waals surface area contributed by atoms with Gasteiger partial charge in [-0.05, 0) is 55.0 Å². The van der Waals surface area contributed by atoms with Crippen molar-refractivity contribution in [1.29, 1.82) is 0 Å². The van der Waals surface area contributed by atoms with Gasteiger partial charge in [-0.3, -0.25) is 9.59 Å². The molecule has 1 atom stereocenters. The molecule has 32 heavy (non-hydrogen) atoms. The van der Waals surface area contributed by atoms with Gasteiger partial charge in [0, 0.05) is 12.4 Å². The number of thiophene rings is 1. The second kappa shape index (κ2) is 8.46. The van der Waals surface area contributed by atoms with Gasteiger partial charge in [0.25, 0.3) is 5.91 Å². The third kappa shape index (κ3) is 3.96. The maximum Gasteiger partial charge on any atom is 0.262 e. The summed E-state index contributed by atoms with van der Waals surface area (Å²) in [5.74, 6) is -3.70. The summed E-state index contributed by atoms with van der Waals surface area (Å²) < 4.78 is 41.9. The van der Waals surface area contributed by atoms with Gasteiger partial charge in [-0.15, -0.1) is 11.3 Å². The van der Waals surface area contributed by atoms with Gasteiger partial charge in [-0.1, -0.05) is 6.07 Å². The molecule has 2 aromatic heterocycles. The van der Waals surface area contributed by atoms with E-state index in [0.717, 1.165) is 28.9 Å². The highest BCUT2D eigenvalue weighted by Crippen LogP contribution is 2.31. The van der Waals surface area contributed by atoms with Crippen LogP contribution < -0.4 is 10.6 Å². The molecule has 2 N–H and O–H groups in total. The molecule has 0 saturated carbocycles. The van der Waals surface area contributed by atoms with Crippen LogP contribution in [0.5, 0.6) is 0 Å². The molecule has 2 aromatic carbocycles. The zero-order valence-corrected chi connectivity index (χ0v) is 17.8. The van der Waals surface area contributed by atoms with Crippen LogP contribution in [0.15, 0.2) is 48.5 Å². The van der Waals surface area contributed by atoms with Gasteiger partial charge in [0.1, 0.15) is 16.7 Å². The van der Waals surface area contributed by atoms with Crippen LogP contribution in [0.2, 0.25) is 0 Å². The summed E-state index contributed by atoms with van der Waals surface area (Å²) in [7, 11) is 1.38. The molecule has 0 saturated heterocycles. The van der Waals surface area contributed by atoms with Crippen molar-refractivity contribution in [2.75, 3.05) is 7.05 Å². The van der Waals surface area contributed by atoms with Crippen molar-refractivity contribution >= 4 is 33.4 Å². The second-order valence-corrected chi connectivity index (χ2v) is 8.03. The lowest BCUT2D eigenvalue weighted by Crippen LogP contribution is -2.38. The second-order valence-electron chi connectivity index (χ2n) is 7.00. The number of amides is 2. The number of nitrogens with zero attached hydrogens (tertiary/aromatic N) is 2. The fraction of sp³-hybridized carbons (Fsp3) is 0.136. The van der Waals surface area contributed by atoms with E-state index >= 15 is 0 Å². The quantitative estimate of drug-likeness (QED) is 0.474. The van der Waals surface area contributed by atoms with Crippen molar-refractivity contribution < 1.29 is 22.8 Å². The molecule has 2 heterocycles. The van der Waals surface area contributed by atoms with Gasteiger partial charge in [-0.25, -0.2) is 17.9 Å². The number of carbonyl (C=O) groups excluding carboxylic acids is 2. The van der Waals surface area contributed by atoms with E-state index in [1.165, 1.54) is 25.2 Å². The maximum absolute atomic E-state index is 13.7. The molecular formula is C22H17F3N4O2S. The van der Waals surface area contributed by atoms with E-state index in [0.29, 0.717) is 21.1 Å². The van der Waals surface area contributed by atoms with Crippen molar-refractivity contribution in [3.05, 3.63) is 82.1 Å².